The molecule has 0 aromatic heterocycles. The van der Waals surface area contributed by atoms with Crippen LogP contribution in [0.4, 0.5) is 0 Å². The third-order valence-corrected chi connectivity index (χ3v) is 6.19. The molecule has 6 nitrogen and oxygen atoms in total. The lowest BCUT2D eigenvalue weighted by molar-refractivity contribution is -0.000315. The summed E-state index contributed by atoms with van der Waals surface area (Å²) in [5.41, 5.74) is 1.42. The Morgan fingerprint density at radius 2 is 1.85 bits per heavy atom. The normalized spacial score (nSPS) is 36.1. The number of hydrogen-bond acceptors (Lipinski definition) is 6. The lowest BCUT2D eigenvalue weighted by atomic mass is 9.60. The van der Waals surface area contributed by atoms with E-state index in [0.717, 1.165) is 5.56 Å². The Bertz CT molecular complexity index is 1090. The van der Waals surface area contributed by atoms with Crippen molar-refractivity contribution in [2.45, 2.75) is 37.4 Å². The number of nitrogens with zero attached hydrogens (tertiary/aromatic N) is 1. The number of fused-ring (bicyclic) bond motifs is 8. The Labute approximate surface area is 161 Å². The molecule has 0 spiro atoms. The minimum atomic E-state index is -1.89. The van der Waals surface area contributed by atoms with Crippen molar-refractivity contribution in [1.29, 1.82) is 0 Å². The van der Waals surface area contributed by atoms with E-state index in [1.807, 2.05) is 13.0 Å². The number of ether oxygens (including phenoxy) is 4. The van der Waals surface area contributed by atoms with Gasteiger partial charge in [-0.25, -0.2) is 0 Å². The molecular formula is C21H21NO5. The van der Waals surface area contributed by atoms with Gasteiger partial charge in [0.2, 0.25) is 13.6 Å². The van der Waals surface area contributed by atoms with E-state index >= 15 is 0 Å². The summed E-state index contributed by atoms with van der Waals surface area (Å²) in [6.07, 6.45) is -2.00. The van der Waals surface area contributed by atoms with Crippen molar-refractivity contribution < 1.29 is 28.2 Å². The highest BCUT2D eigenvalue weighted by atomic mass is 16.7. The van der Waals surface area contributed by atoms with Crippen LogP contribution in [0.25, 0.3) is 0 Å². The first-order chi connectivity index (χ1) is 14.3. The number of rotatable bonds is 0. The molecule has 1 N–H and O–H groups in total. The summed E-state index contributed by atoms with van der Waals surface area (Å²) >= 11 is 0. The molecule has 4 atom stereocenters. The molecule has 4 unspecified atom stereocenters. The summed E-state index contributed by atoms with van der Waals surface area (Å²) in [7, 11) is 1.70. The average Bonchev–Trinajstić information content (AvgIpc) is 3.38. The summed E-state index contributed by atoms with van der Waals surface area (Å²) in [4.78, 5) is 1.62. The molecule has 4 aliphatic rings. The SMILES string of the molecule is [2H]C1c2cc3c(cc2C2N(C)C([2H])([2H])c4c(ccc5c4OCO5)C2(C)C1O)OCO3. The molecule has 0 saturated heterocycles. The van der Waals surface area contributed by atoms with Gasteiger partial charge in [0.25, 0.3) is 0 Å². The van der Waals surface area contributed by atoms with Gasteiger partial charge in [-0.05, 0) is 48.3 Å². The Hall–Kier alpha value is -2.44. The van der Waals surface area contributed by atoms with Crippen LogP contribution in [0, 0.1) is 0 Å². The summed E-state index contributed by atoms with van der Waals surface area (Å²) in [5.74, 6) is 1.98. The van der Waals surface area contributed by atoms with Gasteiger partial charge in [0.1, 0.15) is 0 Å². The van der Waals surface area contributed by atoms with Crippen LogP contribution in [-0.2, 0) is 18.3 Å². The van der Waals surface area contributed by atoms with E-state index in [0.29, 0.717) is 39.7 Å². The van der Waals surface area contributed by atoms with Gasteiger partial charge in [0.05, 0.1) is 6.10 Å². The van der Waals surface area contributed by atoms with Gasteiger partial charge in [0.15, 0.2) is 23.0 Å². The van der Waals surface area contributed by atoms with E-state index in [1.165, 1.54) is 0 Å². The zero-order valence-corrected chi connectivity index (χ0v) is 15.0. The predicted molar refractivity (Wildman–Crippen MR) is 96.4 cm³/mol. The highest BCUT2D eigenvalue weighted by Gasteiger charge is 2.53. The number of hydrogen-bond donors (Lipinski definition) is 1. The summed E-state index contributed by atoms with van der Waals surface area (Å²) in [6.45, 7) is 0.140. The third-order valence-electron chi connectivity index (χ3n) is 6.19. The van der Waals surface area contributed by atoms with Crippen LogP contribution in [0.2, 0.25) is 0 Å². The first-order valence-corrected chi connectivity index (χ1v) is 8.96. The molecule has 2 aromatic rings. The Kier molecular flexibility index (Phi) is 2.42. The first-order valence-electron chi connectivity index (χ1n) is 10.5. The van der Waals surface area contributed by atoms with E-state index in [4.69, 9.17) is 23.1 Å². The number of aliphatic hydroxyl groups excluding tert-OH is 1. The lowest BCUT2D eigenvalue weighted by Gasteiger charge is -2.53. The quantitative estimate of drug-likeness (QED) is 0.769. The zero-order valence-electron chi connectivity index (χ0n) is 18.0. The van der Waals surface area contributed by atoms with Gasteiger partial charge >= 0.3 is 0 Å². The third kappa shape index (κ3) is 1.87. The van der Waals surface area contributed by atoms with Crippen molar-refractivity contribution >= 4 is 0 Å². The highest BCUT2D eigenvalue weighted by molar-refractivity contribution is 5.59. The molecule has 1 aliphatic carbocycles. The fourth-order valence-corrected chi connectivity index (χ4v) is 4.87. The van der Waals surface area contributed by atoms with Crippen molar-refractivity contribution in [3.63, 3.8) is 0 Å². The van der Waals surface area contributed by atoms with Crippen molar-refractivity contribution in [2.75, 3.05) is 20.6 Å². The molecule has 2 aromatic carbocycles. The molecule has 3 aliphatic heterocycles. The average molecular weight is 370 g/mol. The maximum Gasteiger partial charge on any atom is 0.231 e. The van der Waals surface area contributed by atoms with Crippen molar-refractivity contribution in [3.05, 3.63) is 46.5 Å². The van der Waals surface area contributed by atoms with E-state index in [2.05, 4.69) is 0 Å². The smallest absolute Gasteiger partial charge is 0.231 e. The zero-order chi connectivity index (χ0) is 21.0. The van der Waals surface area contributed by atoms with E-state index < -0.39 is 30.5 Å². The Morgan fingerprint density at radius 1 is 1.11 bits per heavy atom. The maximum absolute atomic E-state index is 11.4. The van der Waals surface area contributed by atoms with Crippen LogP contribution in [-0.4, -0.2) is 36.7 Å². The molecule has 0 amide bonds. The second kappa shape index (κ2) is 5.09. The molecule has 0 fully saturated rings. The second-order valence-corrected chi connectivity index (χ2v) is 7.58. The van der Waals surface area contributed by atoms with Crippen LogP contribution >= 0.6 is 0 Å². The molecule has 6 heteroatoms. The van der Waals surface area contributed by atoms with Gasteiger partial charge in [0, 0.05) is 27.6 Å². The molecular weight excluding hydrogens is 346 g/mol. The fraction of sp³-hybridized carbons (Fsp3) is 0.429. The summed E-state index contributed by atoms with van der Waals surface area (Å²) in [6, 6.07) is 6.61. The summed E-state index contributed by atoms with van der Waals surface area (Å²) < 4.78 is 48.9. The number of aliphatic hydroxyl groups is 1. The van der Waals surface area contributed by atoms with Crippen LogP contribution in [0.3, 0.4) is 0 Å². The Balaban J connectivity index is 1.66. The van der Waals surface area contributed by atoms with Crippen molar-refractivity contribution in [2.24, 2.45) is 0 Å². The molecule has 0 bridgehead atoms. The van der Waals surface area contributed by atoms with E-state index in [1.54, 1.807) is 30.1 Å². The molecule has 0 saturated carbocycles. The van der Waals surface area contributed by atoms with Crippen molar-refractivity contribution in [3.8, 4) is 23.0 Å². The van der Waals surface area contributed by atoms with Gasteiger partial charge in [-0.1, -0.05) is 13.0 Å². The fourth-order valence-electron chi connectivity index (χ4n) is 4.87. The number of benzene rings is 2. The standard InChI is InChI=1S/C21H21NO5/c1-21-14-3-4-15-19(27-10-24-15)13(14)8-22(2)20(21)12-7-17-16(25-9-26-17)5-11(12)6-18(21)23/h3-5,7,18,20,23H,6,8-10H2,1-2H3/i6D,8D2. The van der Waals surface area contributed by atoms with Gasteiger partial charge in [-0.3, -0.25) is 4.90 Å². The monoisotopic (exact) mass is 370 g/mol. The molecule has 140 valence electrons. The van der Waals surface area contributed by atoms with E-state index in [-0.39, 0.29) is 13.6 Å². The molecule has 6 rings (SSSR count). The topological polar surface area (TPSA) is 60.4 Å². The van der Waals surface area contributed by atoms with Gasteiger partial charge in [-0.2, -0.15) is 0 Å². The second-order valence-electron chi connectivity index (χ2n) is 7.58. The van der Waals surface area contributed by atoms with Crippen LogP contribution in [0.5, 0.6) is 23.0 Å². The van der Waals surface area contributed by atoms with Crippen LogP contribution in [0.1, 0.15) is 39.3 Å². The first kappa shape index (κ1) is 12.9. The van der Waals surface area contributed by atoms with Crippen LogP contribution in [0.15, 0.2) is 24.3 Å². The maximum atomic E-state index is 11.4. The Morgan fingerprint density at radius 3 is 2.70 bits per heavy atom. The van der Waals surface area contributed by atoms with Gasteiger partial charge in [-0.15, -0.1) is 0 Å². The minimum Gasteiger partial charge on any atom is -0.454 e. The van der Waals surface area contributed by atoms with Gasteiger partial charge < -0.3 is 24.1 Å². The molecule has 27 heavy (non-hydrogen) atoms. The number of likely N-dealkylation sites (N-methyl/N-ethyl adjacent to an activating group) is 1. The minimum absolute atomic E-state index is 0.0294. The lowest BCUT2D eigenvalue weighted by Crippen LogP contribution is -2.55. The van der Waals surface area contributed by atoms with E-state index in [9.17, 15) is 5.11 Å². The highest BCUT2D eigenvalue weighted by Crippen LogP contribution is 2.57. The van der Waals surface area contributed by atoms with Crippen LogP contribution < -0.4 is 18.9 Å². The predicted octanol–water partition coefficient (Wildman–Crippen LogP) is 2.51. The summed E-state index contributed by atoms with van der Waals surface area (Å²) in [5, 5.41) is 11.4. The van der Waals surface area contributed by atoms with Crippen molar-refractivity contribution in [1.82, 2.24) is 4.90 Å². The molecule has 3 heterocycles. The molecule has 0 radical (unpaired) electrons. The largest absolute Gasteiger partial charge is 0.454 e.